The number of amides is 2. The Labute approximate surface area is 189 Å². The summed E-state index contributed by atoms with van der Waals surface area (Å²) in [5, 5.41) is 4.38. The van der Waals surface area contributed by atoms with Gasteiger partial charge in [0.2, 0.25) is 0 Å². The number of nitrogens with zero attached hydrogens (tertiary/aromatic N) is 4. The molecule has 2 aliphatic rings. The molecule has 3 heterocycles. The largest absolute Gasteiger partial charge is 0.445 e. The molecule has 1 fully saturated rings. The van der Waals surface area contributed by atoms with Gasteiger partial charge in [-0.05, 0) is 43.5 Å². The Morgan fingerprint density at radius 3 is 2.52 bits per heavy atom. The quantitative estimate of drug-likeness (QED) is 0.753. The maximum atomic E-state index is 13.0. The third kappa shape index (κ3) is 5.29. The molecule has 0 spiro atoms. The molecule has 1 aromatic carbocycles. The number of piperidine rings is 1. The highest BCUT2D eigenvalue weighted by Gasteiger charge is 2.31. The van der Waals surface area contributed by atoms with Crippen molar-refractivity contribution in [3.63, 3.8) is 0 Å². The number of fused-ring (bicyclic) bond motifs is 1. The van der Waals surface area contributed by atoms with E-state index in [1.165, 1.54) is 4.90 Å². The average Bonchev–Trinajstić information content (AvgIpc) is 3.20. The SMILES string of the molecule is Cc1cc(COC(=O)N2CCn3nc(C(=O)N4CCC(N)CC4)cc3C2)cc(C(F)(F)F)c1. The van der Waals surface area contributed by atoms with E-state index >= 15 is 0 Å². The second-order valence-electron chi connectivity index (χ2n) is 8.55. The number of benzene rings is 1. The molecule has 8 nitrogen and oxygen atoms in total. The number of nitrogens with two attached hydrogens (primary N) is 1. The first-order chi connectivity index (χ1) is 15.6. The van der Waals surface area contributed by atoms with E-state index in [1.54, 1.807) is 28.6 Å². The number of aromatic nitrogens is 2. The van der Waals surface area contributed by atoms with Crippen molar-refractivity contribution >= 4 is 12.0 Å². The summed E-state index contributed by atoms with van der Waals surface area (Å²) in [4.78, 5) is 28.5. The molecule has 0 unspecified atom stereocenters. The number of hydrogen-bond acceptors (Lipinski definition) is 5. The summed E-state index contributed by atoms with van der Waals surface area (Å²) in [6, 6.07) is 5.38. The first-order valence-electron chi connectivity index (χ1n) is 10.8. The number of ether oxygens (including phenoxy) is 1. The standard InChI is InChI=1S/C22H26F3N5O3/c1-14-8-15(10-16(9-14)22(23,24)25)13-33-21(32)29-6-7-30-18(12-29)11-19(27-30)20(31)28-4-2-17(26)3-5-28/h8-11,17H,2-7,12-13,26H2,1H3. The van der Waals surface area contributed by atoms with Gasteiger partial charge in [0.1, 0.15) is 6.61 Å². The maximum Gasteiger partial charge on any atom is 0.416 e. The van der Waals surface area contributed by atoms with Gasteiger partial charge in [-0.25, -0.2) is 4.79 Å². The van der Waals surface area contributed by atoms with Crippen LogP contribution in [-0.4, -0.2) is 57.3 Å². The molecule has 11 heteroatoms. The van der Waals surface area contributed by atoms with Gasteiger partial charge in [-0.3, -0.25) is 9.48 Å². The first-order valence-corrected chi connectivity index (χ1v) is 10.8. The summed E-state index contributed by atoms with van der Waals surface area (Å²) in [7, 11) is 0. The van der Waals surface area contributed by atoms with Crippen LogP contribution in [-0.2, 0) is 30.6 Å². The number of hydrogen-bond donors (Lipinski definition) is 1. The van der Waals surface area contributed by atoms with E-state index in [-0.39, 0.29) is 30.7 Å². The van der Waals surface area contributed by atoms with Gasteiger partial charge in [0, 0.05) is 25.7 Å². The van der Waals surface area contributed by atoms with E-state index in [4.69, 9.17) is 10.5 Å². The zero-order chi connectivity index (χ0) is 23.8. The number of halogens is 3. The van der Waals surface area contributed by atoms with Crippen LogP contribution in [0.4, 0.5) is 18.0 Å². The van der Waals surface area contributed by atoms with Crippen LogP contribution in [0.15, 0.2) is 24.3 Å². The van der Waals surface area contributed by atoms with E-state index in [2.05, 4.69) is 5.10 Å². The van der Waals surface area contributed by atoms with Gasteiger partial charge in [0.25, 0.3) is 5.91 Å². The van der Waals surface area contributed by atoms with Gasteiger partial charge >= 0.3 is 12.3 Å². The molecule has 2 N–H and O–H groups in total. The Hall–Kier alpha value is -3.08. The summed E-state index contributed by atoms with van der Waals surface area (Å²) in [6.07, 6.45) is -3.59. The Kier molecular flexibility index (Phi) is 6.33. The topological polar surface area (TPSA) is 93.7 Å². The lowest BCUT2D eigenvalue weighted by Crippen LogP contribution is -2.43. The highest BCUT2D eigenvalue weighted by Crippen LogP contribution is 2.31. The van der Waals surface area contributed by atoms with Crippen LogP contribution in [0.25, 0.3) is 0 Å². The molecule has 0 bridgehead atoms. The van der Waals surface area contributed by atoms with Crippen LogP contribution in [0.2, 0.25) is 0 Å². The molecule has 1 saturated heterocycles. The van der Waals surface area contributed by atoms with Crippen LogP contribution < -0.4 is 5.73 Å². The Bertz CT molecular complexity index is 1040. The van der Waals surface area contributed by atoms with Crippen LogP contribution in [0.5, 0.6) is 0 Å². The van der Waals surface area contributed by atoms with E-state index in [0.717, 1.165) is 25.0 Å². The van der Waals surface area contributed by atoms with Crippen molar-refractivity contribution in [2.45, 2.75) is 51.7 Å². The molecule has 178 valence electrons. The van der Waals surface area contributed by atoms with Gasteiger partial charge < -0.3 is 20.3 Å². The maximum absolute atomic E-state index is 13.0. The molecule has 2 amide bonds. The fraction of sp³-hybridized carbons (Fsp3) is 0.500. The molecule has 0 aliphatic carbocycles. The minimum atomic E-state index is -4.47. The van der Waals surface area contributed by atoms with Gasteiger partial charge in [0.15, 0.2) is 5.69 Å². The van der Waals surface area contributed by atoms with Gasteiger partial charge in [0.05, 0.1) is 24.3 Å². The molecular weight excluding hydrogens is 439 g/mol. The number of aryl methyl sites for hydroxylation is 1. The van der Waals surface area contributed by atoms with Gasteiger partial charge in [-0.15, -0.1) is 0 Å². The minimum Gasteiger partial charge on any atom is -0.445 e. The first kappa shape index (κ1) is 23.1. The second kappa shape index (κ2) is 9.05. The lowest BCUT2D eigenvalue weighted by Gasteiger charge is -2.29. The molecule has 2 aromatic rings. The number of carbonyl (C=O) groups excluding carboxylic acids is 2. The lowest BCUT2D eigenvalue weighted by molar-refractivity contribution is -0.137. The molecule has 0 saturated carbocycles. The average molecular weight is 465 g/mol. The summed E-state index contributed by atoms with van der Waals surface area (Å²) in [6.45, 7) is 3.40. The number of rotatable bonds is 3. The summed E-state index contributed by atoms with van der Waals surface area (Å²) < 4.78 is 46.0. The fourth-order valence-corrected chi connectivity index (χ4v) is 4.14. The molecule has 33 heavy (non-hydrogen) atoms. The number of likely N-dealkylation sites (tertiary alicyclic amines) is 1. The fourth-order valence-electron chi connectivity index (χ4n) is 4.14. The summed E-state index contributed by atoms with van der Waals surface area (Å²) in [5.74, 6) is -0.155. The van der Waals surface area contributed by atoms with Crippen LogP contribution >= 0.6 is 0 Å². The van der Waals surface area contributed by atoms with Crippen LogP contribution in [0, 0.1) is 6.92 Å². The highest BCUT2D eigenvalue weighted by atomic mass is 19.4. The molecular formula is C22H26F3N5O3. The van der Waals surface area contributed by atoms with Crippen molar-refractivity contribution < 1.29 is 27.5 Å². The van der Waals surface area contributed by atoms with E-state index in [9.17, 15) is 22.8 Å². The zero-order valence-corrected chi connectivity index (χ0v) is 18.3. The second-order valence-corrected chi connectivity index (χ2v) is 8.55. The minimum absolute atomic E-state index is 0.115. The van der Waals surface area contributed by atoms with E-state index < -0.39 is 17.8 Å². The molecule has 2 aliphatic heterocycles. The smallest absolute Gasteiger partial charge is 0.416 e. The number of alkyl halides is 3. The van der Waals surface area contributed by atoms with Gasteiger partial charge in [-0.2, -0.15) is 18.3 Å². The van der Waals surface area contributed by atoms with Crippen molar-refractivity contribution in [2.75, 3.05) is 19.6 Å². The highest BCUT2D eigenvalue weighted by molar-refractivity contribution is 5.92. The normalized spacial score (nSPS) is 17.1. The van der Waals surface area contributed by atoms with Gasteiger partial charge in [-0.1, -0.05) is 11.6 Å². The van der Waals surface area contributed by atoms with Crippen molar-refractivity contribution in [2.24, 2.45) is 5.73 Å². The molecule has 4 rings (SSSR count). The lowest BCUT2D eigenvalue weighted by atomic mass is 10.1. The Morgan fingerprint density at radius 1 is 1.09 bits per heavy atom. The Morgan fingerprint density at radius 2 is 1.82 bits per heavy atom. The summed E-state index contributed by atoms with van der Waals surface area (Å²) >= 11 is 0. The third-order valence-electron chi connectivity index (χ3n) is 5.93. The predicted molar refractivity (Wildman–Crippen MR) is 112 cm³/mol. The van der Waals surface area contributed by atoms with E-state index in [0.29, 0.717) is 43.1 Å². The van der Waals surface area contributed by atoms with Crippen molar-refractivity contribution in [3.8, 4) is 0 Å². The predicted octanol–water partition coefficient (Wildman–Crippen LogP) is 2.93. The van der Waals surface area contributed by atoms with Crippen LogP contribution in [0.3, 0.4) is 0 Å². The zero-order valence-electron chi connectivity index (χ0n) is 18.3. The molecule has 0 radical (unpaired) electrons. The number of carbonyl (C=O) groups is 2. The van der Waals surface area contributed by atoms with Crippen molar-refractivity contribution in [1.29, 1.82) is 0 Å². The van der Waals surface area contributed by atoms with Crippen molar-refractivity contribution in [3.05, 3.63) is 52.3 Å². The monoisotopic (exact) mass is 465 g/mol. The molecule has 0 atom stereocenters. The van der Waals surface area contributed by atoms with Crippen LogP contribution in [0.1, 0.15) is 45.7 Å². The van der Waals surface area contributed by atoms with E-state index in [1.807, 2.05) is 0 Å². The summed E-state index contributed by atoms with van der Waals surface area (Å²) in [5.41, 5.74) is 6.86. The third-order valence-corrected chi connectivity index (χ3v) is 5.93. The Balaban J connectivity index is 1.37. The molecule has 1 aromatic heterocycles. The van der Waals surface area contributed by atoms with Crippen molar-refractivity contribution in [1.82, 2.24) is 19.6 Å².